The van der Waals surface area contributed by atoms with Crippen molar-refractivity contribution in [3.63, 3.8) is 0 Å². The third-order valence-corrected chi connectivity index (χ3v) is 2.59. The van der Waals surface area contributed by atoms with E-state index in [1.807, 2.05) is 66.7 Å². The van der Waals surface area contributed by atoms with Crippen LogP contribution >= 0.6 is 11.6 Å². The average Bonchev–Trinajstić information content (AvgIpc) is 2.38. The minimum absolute atomic E-state index is 0.513. The molecule has 0 N–H and O–H groups in total. The SMILES string of the molecule is Clc1ccccc1OCC=Cc1ccccc1. The van der Waals surface area contributed by atoms with Crippen LogP contribution in [0.25, 0.3) is 6.08 Å². The third kappa shape index (κ3) is 3.65. The highest BCUT2D eigenvalue weighted by atomic mass is 35.5. The monoisotopic (exact) mass is 244 g/mol. The lowest BCUT2D eigenvalue weighted by atomic mass is 10.2. The fourth-order valence-electron chi connectivity index (χ4n) is 1.45. The van der Waals surface area contributed by atoms with Crippen molar-refractivity contribution in [3.8, 4) is 5.75 Å². The smallest absolute Gasteiger partial charge is 0.138 e. The van der Waals surface area contributed by atoms with Gasteiger partial charge in [0.25, 0.3) is 0 Å². The van der Waals surface area contributed by atoms with Crippen LogP contribution in [-0.4, -0.2) is 6.61 Å². The van der Waals surface area contributed by atoms with E-state index in [0.717, 1.165) is 5.56 Å². The Labute approximate surface area is 106 Å². The predicted octanol–water partition coefficient (Wildman–Crippen LogP) is 4.43. The van der Waals surface area contributed by atoms with Gasteiger partial charge in [-0.05, 0) is 23.8 Å². The van der Waals surface area contributed by atoms with Crippen LogP contribution in [0, 0.1) is 0 Å². The van der Waals surface area contributed by atoms with Crippen LogP contribution in [0.15, 0.2) is 60.7 Å². The number of para-hydroxylation sites is 1. The average molecular weight is 245 g/mol. The van der Waals surface area contributed by atoms with E-state index in [-0.39, 0.29) is 0 Å². The highest BCUT2D eigenvalue weighted by Gasteiger charge is 1.96. The van der Waals surface area contributed by atoms with Crippen LogP contribution in [0.1, 0.15) is 5.56 Å². The lowest BCUT2D eigenvalue weighted by Crippen LogP contribution is -1.93. The van der Waals surface area contributed by atoms with Crippen molar-refractivity contribution in [2.24, 2.45) is 0 Å². The van der Waals surface area contributed by atoms with E-state index in [1.165, 1.54) is 0 Å². The number of halogens is 1. The molecule has 0 saturated heterocycles. The van der Waals surface area contributed by atoms with Gasteiger partial charge in [0.05, 0.1) is 5.02 Å². The first-order valence-corrected chi connectivity index (χ1v) is 5.83. The van der Waals surface area contributed by atoms with Gasteiger partial charge in [-0.3, -0.25) is 0 Å². The summed E-state index contributed by atoms with van der Waals surface area (Å²) in [6.07, 6.45) is 4.00. The molecule has 2 rings (SSSR count). The van der Waals surface area contributed by atoms with Crippen LogP contribution < -0.4 is 4.74 Å². The molecule has 0 saturated carbocycles. The molecule has 0 bridgehead atoms. The van der Waals surface area contributed by atoms with Crippen LogP contribution in [0.3, 0.4) is 0 Å². The van der Waals surface area contributed by atoms with E-state index in [9.17, 15) is 0 Å². The zero-order valence-corrected chi connectivity index (χ0v) is 10.1. The molecule has 0 aliphatic carbocycles. The highest BCUT2D eigenvalue weighted by Crippen LogP contribution is 2.22. The molecule has 0 unspecified atom stereocenters. The van der Waals surface area contributed by atoms with Crippen molar-refractivity contribution < 1.29 is 4.74 Å². The molecule has 0 spiro atoms. The molecule has 2 aromatic carbocycles. The topological polar surface area (TPSA) is 9.23 Å². The summed E-state index contributed by atoms with van der Waals surface area (Å²) in [5, 5.41) is 0.639. The molecule has 0 heterocycles. The summed E-state index contributed by atoms with van der Waals surface area (Å²) in [5.74, 6) is 0.715. The molecule has 2 aromatic rings. The molecule has 0 atom stereocenters. The summed E-state index contributed by atoms with van der Waals surface area (Å²) in [7, 11) is 0. The zero-order valence-electron chi connectivity index (χ0n) is 9.34. The third-order valence-electron chi connectivity index (χ3n) is 2.28. The Morgan fingerprint density at radius 2 is 1.65 bits per heavy atom. The van der Waals surface area contributed by atoms with Crippen molar-refractivity contribution in [2.75, 3.05) is 6.61 Å². The summed E-state index contributed by atoms with van der Waals surface area (Å²) in [6, 6.07) is 17.6. The van der Waals surface area contributed by atoms with Gasteiger partial charge in [-0.2, -0.15) is 0 Å². The maximum absolute atomic E-state index is 5.97. The molecular weight excluding hydrogens is 232 g/mol. The Morgan fingerprint density at radius 1 is 0.941 bits per heavy atom. The molecule has 17 heavy (non-hydrogen) atoms. The summed E-state index contributed by atoms with van der Waals surface area (Å²) in [6.45, 7) is 0.513. The van der Waals surface area contributed by atoms with Gasteiger partial charge in [-0.15, -0.1) is 0 Å². The molecule has 86 valence electrons. The second-order valence-electron chi connectivity index (χ2n) is 3.55. The fraction of sp³-hybridized carbons (Fsp3) is 0.0667. The van der Waals surface area contributed by atoms with Gasteiger partial charge < -0.3 is 4.74 Å². The lowest BCUT2D eigenvalue weighted by Gasteiger charge is -2.04. The Hall–Kier alpha value is -1.73. The normalized spacial score (nSPS) is 10.6. The standard InChI is InChI=1S/C15H13ClO/c16-14-10-4-5-11-15(14)17-12-6-9-13-7-2-1-3-8-13/h1-11H,12H2. The van der Waals surface area contributed by atoms with E-state index in [4.69, 9.17) is 16.3 Å². The molecule has 0 aliphatic rings. The second kappa shape index (κ2) is 6.12. The molecule has 0 aliphatic heterocycles. The molecule has 0 aromatic heterocycles. The van der Waals surface area contributed by atoms with E-state index in [2.05, 4.69) is 0 Å². The number of hydrogen-bond donors (Lipinski definition) is 0. The number of hydrogen-bond acceptors (Lipinski definition) is 1. The lowest BCUT2D eigenvalue weighted by molar-refractivity contribution is 0.364. The van der Waals surface area contributed by atoms with Crippen molar-refractivity contribution in [1.82, 2.24) is 0 Å². The molecule has 0 fully saturated rings. The Morgan fingerprint density at radius 3 is 2.41 bits per heavy atom. The minimum atomic E-state index is 0.513. The molecule has 0 amide bonds. The van der Waals surface area contributed by atoms with Crippen LogP contribution in [0.5, 0.6) is 5.75 Å². The number of ether oxygens (including phenoxy) is 1. The van der Waals surface area contributed by atoms with Gasteiger partial charge in [0.1, 0.15) is 12.4 Å². The van der Waals surface area contributed by atoms with Gasteiger partial charge in [0.2, 0.25) is 0 Å². The summed E-state index contributed by atoms with van der Waals surface area (Å²) in [4.78, 5) is 0. The molecule has 1 nitrogen and oxygen atoms in total. The van der Waals surface area contributed by atoms with Gasteiger partial charge in [0.15, 0.2) is 0 Å². The second-order valence-corrected chi connectivity index (χ2v) is 3.96. The van der Waals surface area contributed by atoms with Gasteiger partial charge in [-0.1, -0.05) is 60.1 Å². The van der Waals surface area contributed by atoms with E-state index in [0.29, 0.717) is 17.4 Å². The summed E-state index contributed by atoms with van der Waals surface area (Å²) >= 11 is 5.97. The maximum Gasteiger partial charge on any atom is 0.138 e. The van der Waals surface area contributed by atoms with E-state index in [1.54, 1.807) is 0 Å². The van der Waals surface area contributed by atoms with E-state index < -0.39 is 0 Å². The fourth-order valence-corrected chi connectivity index (χ4v) is 1.64. The van der Waals surface area contributed by atoms with Crippen LogP contribution in [-0.2, 0) is 0 Å². The van der Waals surface area contributed by atoms with Crippen molar-refractivity contribution in [1.29, 1.82) is 0 Å². The Balaban J connectivity index is 1.88. The molecule has 2 heteroatoms. The van der Waals surface area contributed by atoms with Crippen molar-refractivity contribution in [3.05, 3.63) is 71.3 Å². The van der Waals surface area contributed by atoms with E-state index >= 15 is 0 Å². The minimum Gasteiger partial charge on any atom is -0.488 e. The highest BCUT2D eigenvalue weighted by molar-refractivity contribution is 6.32. The first-order valence-electron chi connectivity index (χ1n) is 5.45. The van der Waals surface area contributed by atoms with Crippen LogP contribution in [0.4, 0.5) is 0 Å². The van der Waals surface area contributed by atoms with Crippen molar-refractivity contribution in [2.45, 2.75) is 0 Å². The maximum atomic E-state index is 5.97. The summed E-state index contributed by atoms with van der Waals surface area (Å²) in [5.41, 5.74) is 1.16. The summed E-state index contributed by atoms with van der Waals surface area (Å²) < 4.78 is 5.54. The number of rotatable bonds is 4. The Bertz CT molecular complexity index is 491. The molecular formula is C15H13ClO. The molecule has 0 radical (unpaired) electrons. The predicted molar refractivity (Wildman–Crippen MR) is 72.4 cm³/mol. The van der Waals surface area contributed by atoms with Gasteiger partial charge in [-0.25, -0.2) is 0 Å². The number of benzene rings is 2. The van der Waals surface area contributed by atoms with Crippen molar-refractivity contribution >= 4 is 17.7 Å². The van der Waals surface area contributed by atoms with Gasteiger partial charge >= 0.3 is 0 Å². The van der Waals surface area contributed by atoms with Gasteiger partial charge in [0, 0.05) is 0 Å². The largest absolute Gasteiger partial charge is 0.488 e. The first kappa shape index (κ1) is 11.7. The first-order chi connectivity index (χ1) is 8.36. The quantitative estimate of drug-likeness (QED) is 0.773. The zero-order chi connectivity index (χ0) is 11.9. The van der Waals surface area contributed by atoms with Crippen LogP contribution in [0.2, 0.25) is 5.02 Å². The Kier molecular flexibility index (Phi) is 4.23.